The van der Waals surface area contributed by atoms with Crippen LogP contribution >= 0.6 is 0 Å². The Hall–Kier alpha value is -1.60. The second kappa shape index (κ2) is 46.8. The molecule has 0 aromatic rings. The summed E-state index contributed by atoms with van der Waals surface area (Å²) in [5, 5.41) is 54.1. The largest absolute Gasteiger partial charge is 0.466 e. The van der Waals surface area contributed by atoms with Crippen LogP contribution in [0, 0.1) is 0 Å². The Morgan fingerprint density at radius 1 is 0.537 bits per heavy atom. The number of carbonyl (C=O) groups excluding carboxylic acids is 2. The van der Waals surface area contributed by atoms with E-state index < -0.39 is 49.5 Å². The van der Waals surface area contributed by atoms with Crippen molar-refractivity contribution in [3.05, 3.63) is 12.2 Å². The molecule has 0 spiro atoms. The van der Waals surface area contributed by atoms with Crippen molar-refractivity contribution in [1.82, 2.24) is 5.32 Å². The highest BCUT2D eigenvalue weighted by molar-refractivity contribution is 5.76. The number of carbonyl (C=O) groups is 2. The van der Waals surface area contributed by atoms with Crippen LogP contribution in [-0.2, 0) is 23.8 Å². The molecule has 0 bridgehead atoms. The van der Waals surface area contributed by atoms with E-state index in [-0.39, 0.29) is 18.5 Å². The van der Waals surface area contributed by atoms with Gasteiger partial charge in [-0.25, -0.2) is 0 Å². The first-order valence-electron chi connectivity index (χ1n) is 28.5. The maximum Gasteiger partial charge on any atom is 0.305 e. The lowest BCUT2D eigenvalue weighted by Crippen LogP contribution is -2.60. The fraction of sp³-hybridized carbons (Fsp3) is 0.929. The predicted octanol–water partition coefficient (Wildman–Crippen LogP) is 12.4. The lowest BCUT2D eigenvalue weighted by atomic mass is 9.99. The van der Waals surface area contributed by atoms with E-state index in [0.717, 1.165) is 70.6 Å². The summed E-state index contributed by atoms with van der Waals surface area (Å²) < 4.78 is 16.7. The van der Waals surface area contributed by atoms with Crippen molar-refractivity contribution in [2.24, 2.45) is 0 Å². The van der Waals surface area contributed by atoms with E-state index in [9.17, 15) is 35.1 Å². The van der Waals surface area contributed by atoms with Crippen LogP contribution < -0.4 is 5.32 Å². The topological polar surface area (TPSA) is 175 Å². The summed E-state index contributed by atoms with van der Waals surface area (Å²) in [7, 11) is 0. The number of ether oxygens (including phenoxy) is 3. The molecule has 0 saturated carbocycles. The third kappa shape index (κ3) is 36.9. The molecule has 11 nitrogen and oxygen atoms in total. The molecule has 1 amide bonds. The summed E-state index contributed by atoms with van der Waals surface area (Å²) in [6, 6.07) is -0.812. The van der Waals surface area contributed by atoms with E-state index in [1.54, 1.807) is 6.08 Å². The zero-order valence-electron chi connectivity index (χ0n) is 43.4. The second-order valence-electron chi connectivity index (χ2n) is 20.0. The van der Waals surface area contributed by atoms with Crippen LogP contribution in [0.25, 0.3) is 0 Å². The molecule has 396 valence electrons. The molecule has 7 atom stereocenters. The van der Waals surface area contributed by atoms with Gasteiger partial charge < -0.3 is 45.1 Å². The zero-order chi connectivity index (χ0) is 48.8. The van der Waals surface area contributed by atoms with E-state index >= 15 is 0 Å². The van der Waals surface area contributed by atoms with E-state index in [1.807, 2.05) is 6.08 Å². The lowest BCUT2D eigenvalue weighted by Gasteiger charge is -2.40. The molecule has 67 heavy (non-hydrogen) atoms. The molecule has 1 saturated heterocycles. The van der Waals surface area contributed by atoms with Crippen LogP contribution in [0.1, 0.15) is 271 Å². The molecule has 0 aromatic carbocycles. The summed E-state index contributed by atoms with van der Waals surface area (Å²) in [5.74, 6) is -0.202. The van der Waals surface area contributed by atoms with Gasteiger partial charge in [0.2, 0.25) is 5.91 Å². The number of rotatable bonds is 49. The molecule has 0 aliphatic carbocycles. The zero-order valence-corrected chi connectivity index (χ0v) is 43.4. The smallest absolute Gasteiger partial charge is 0.305 e. The van der Waals surface area contributed by atoms with Crippen LogP contribution in [0.4, 0.5) is 0 Å². The Labute approximate surface area is 410 Å². The summed E-state index contributed by atoms with van der Waals surface area (Å²) >= 11 is 0. The van der Waals surface area contributed by atoms with Crippen molar-refractivity contribution in [3.63, 3.8) is 0 Å². The first-order valence-corrected chi connectivity index (χ1v) is 28.5. The van der Waals surface area contributed by atoms with E-state index in [0.29, 0.717) is 19.4 Å². The monoisotopic (exact) mass is 954 g/mol. The van der Waals surface area contributed by atoms with Gasteiger partial charge in [0.1, 0.15) is 24.4 Å². The van der Waals surface area contributed by atoms with Gasteiger partial charge >= 0.3 is 5.97 Å². The first kappa shape index (κ1) is 63.4. The maximum atomic E-state index is 13.0. The highest BCUT2D eigenvalue weighted by atomic mass is 16.7. The van der Waals surface area contributed by atoms with Gasteiger partial charge in [-0.2, -0.15) is 0 Å². The van der Waals surface area contributed by atoms with Crippen LogP contribution in [0.2, 0.25) is 0 Å². The molecule has 1 fully saturated rings. The van der Waals surface area contributed by atoms with Crippen molar-refractivity contribution in [2.75, 3.05) is 19.8 Å². The molecule has 1 rings (SSSR count). The van der Waals surface area contributed by atoms with Gasteiger partial charge in [0.05, 0.1) is 32.0 Å². The van der Waals surface area contributed by atoms with Crippen molar-refractivity contribution in [2.45, 2.75) is 314 Å². The molecular formula is C56H107NO10. The average molecular weight is 954 g/mol. The standard InChI is InChI=1S/C56H107NO10/c1-3-5-7-9-11-13-14-15-21-24-28-32-36-40-44-52(61)65-45-41-37-33-29-25-22-19-17-16-18-20-23-27-31-35-39-43-51(60)57-48(49(59)42-38-34-30-26-12-10-8-6-4-2)47-66-56-55(64)54(63)53(62)50(46-58)67-56/h38,42,48-50,53-56,58-59,62-64H,3-37,39-41,43-47H2,1-2H3,(H,57,60)/b42-38+. The number of amides is 1. The third-order valence-electron chi connectivity index (χ3n) is 13.7. The number of nitrogens with one attached hydrogen (secondary N) is 1. The van der Waals surface area contributed by atoms with Gasteiger partial charge in [0, 0.05) is 12.8 Å². The summed E-state index contributed by atoms with van der Waals surface area (Å²) in [4.78, 5) is 25.0. The molecule has 1 aliphatic rings. The quantitative estimate of drug-likeness (QED) is 0.0196. The van der Waals surface area contributed by atoms with Crippen molar-refractivity contribution in [3.8, 4) is 0 Å². The summed E-state index contributed by atoms with van der Waals surface area (Å²) in [6.07, 6.45) is 43.0. The van der Waals surface area contributed by atoms with Gasteiger partial charge in [0.15, 0.2) is 6.29 Å². The molecule has 1 heterocycles. The van der Waals surface area contributed by atoms with Crippen molar-refractivity contribution in [1.29, 1.82) is 0 Å². The highest BCUT2D eigenvalue weighted by Crippen LogP contribution is 2.23. The number of hydrogen-bond donors (Lipinski definition) is 6. The lowest BCUT2D eigenvalue weighted by molar-refractivity contribution is -0.302. The van der Waals surface area contributed by atoms with Crippen molar-refractivity contribution >= 4 is 11.9 Å². The maximum absolute atomic E-state index is 13.0. The Kier molecular flexibility index (Phi) is 44.3. The minimum atomic E-state index is -1.57. The highest BCUT2D eigenvalue weighted by Gasteiger charge is 2.44. The van der Waals surface area contributed by atoms with Gasteiger partial charge in [-0.3, -0.25) is 9.59 Å². The SMILES string of the molecule is CCCCCCCCC/C=C/C(O)C(COC1OC(CO)C(O)C(O)C1O)NC(=O)CCCCCCCCCCCCCCCCCCOC(=O)CCCCCCCCCCCCCCCC. The fourth-order valence-electron chi connectivity index (χ4n) is 9.08. The number of hydrogen-bond acceptors (Lipinski definition) is 10. The molecular weight excluding hydrogens is 847 g/mol. The van der Waals surface area contributed by atoms with Gasteiger partial charge in [-0.05, 0) is 32.1 Å². The summed E-state index contributed by atoms with van der Waals surface area (Å²) in [6.45, 7) is 4.30. The van der Waals surface area contributed by atoms with Crippen LogP contribution in [0.5, 0.6) is 0 Å². The minimum Gasteiger partial charge on any atom is -0.466 e. The van der Waals surface area contributed by atoms with Crippen LogP contribution in [0.15, 0.2) is 12.2 Å². The summed E-state index contributed by atoms with van der Waals surface area (Å²) in [5.41, 5.74) is 0. The Bertz CT molecular complexity index is 1120. The second-order valence-corrected chi connectivity index (χ2v) is 20.0. The van der Waals surface area contributed by atoms with Gasteiger partial charge in [-0.15, -0.1) is 0 Å². The number of aliphatic hydroxyl groups is 5. The number of aliphatic hydroxyl groups excluding tert-OH is 5. The van der Waals surface area contributed by atoms with Crippen LogP contribution in [-0.4, -0.2) is 100 Å². The molecule has 6 N–H and O–H groups in total. The number of esters is 1. The molecule has 1 aliphatic heterocycles. The number of unbranched alkanes of at least 4 members (excludes halogenated alkanes) is 35. The first-order chi connectivity index (χ1) is 32.7. The predicted molar refractivity (Wildman–Crippen MR) is 274 cm³/mol. The average Bonchev–Trinajstić information content (AvgIpc) is 3.32. The Morgan fingerprint density at radius 3 is 1.39 bits per heavy atom. The number of allylic oxidation sites excluding steroid dienone is 1. The molecule has 11 heteroatoms. The van der Waals surface area contributed by atoms with E-state index in [4.69, 9.17) is 14.2 Å². The Morgan fingerprint density at radius 2 is 0.940 bits per heavy atom. The minimum absolute atomic E-state index is 0.0124. The van der Waals surface area contributed by atoms with Crippen molar-refractivity contribution < 1.29 is 49.3 Å². The van der Waals surface area contributed by atoms with Crippen LogP contribution in [0.3, 0.4) is 0 Å². The third-order valence-corrected chi connectivity index (χ3v) is 13.7. The van der Waals surface area contributed by atoms with E-state index in [1.165, 1.54) is 173 Å². The normalized spacial score (nSPS) is 19.5. The molecule has 7 unspecified atom stereocenters. The van der Waals surface area contributed by atoms with Gasteiger partial charge in [-0.1, -0.05) is 238 Å². The molecule has 0 aromatic heterocycles. The fourth-order valence-corrected chi connectivity index (χ4v) is 9.08. The van der Waals surface area contributed by atoms with E-state index in [2.05, 4.69) is 19.2 Å². The Balaban J connectivity index is 2.05. The van der Waals surface area contributed by atoms with Gasteiger partial charge in [0.25, 0.3) is 0 Å². The molecule has 0 radical (unpaired) electrons.